The third kappa shape index (κ3) is 2.26. The highest BCUT2D eigenvalue weighted by Crippen LogP contribution is 2.26. The SMILES string of the molecule is C=C/C=c1/ccc2cccc3ccc(C)c1c32.CC. The van der Waals surface area contributed by atoms with Crippen molar-refractivity contribution in [3.8, 4) is 0 Å². The largest absolute Gasteiger partial charge is 0.0990 e. The smallest absolute Gasteiger partial charge is 0.00302 e. The van der Waals surface area contributed by atoms with Gasteiger partial charge < -0.3 is 0 Å². The summed E-state index contributed by atoms with van der Waals surface area (Å²) in [5, 5.41) is 6.58. The van der Waals surface area contributed by atoms with E-state index < -0.39 is 0 Å². The molecule has 0 unspecified atom stereocenters. The zero-order valence-corrected chi connectivity index (χ0v) is 11.9. The van der Waals surface area contributed by atoms with Gasteiger partial charge in [0.05, 0.1) is 0 Å². The van der Waals surface area contributed by atoms with E-state index >= 15 is 0 Å². The van der Waals surface area contributed by atoms with E-state index in [0.717, 1.165) is 0 Å². The highest BCUT2D eigenvalue weighted by Gasteiger charge is 2.04. The quantitative estimate of drug-likeness (QED) is 0.567. The zero-order valence-electron chi connectivity index (χ0n) is 11.9. The normalized spacial score (nSPS) is 11.4. The lowest BCUT2D eigenvalue weighted by atomic mass is 9.96. The molecule has 3 aromatic carbocycles. The summed E-state index contributed by atoms with van der Waals surface area (Å²) in [6, 6.07) is 15.2. The van der Waals surface area contributed by atoms with E-state index in [1.807, 2.05) is 19.9 Å². The Morgan fingerprint density at radius 2 is 1.47 bits per heavy atom. The predicted octanol–water partition coefficient (Wildman–Crippen LogP) is 5.01. The number of rotatable bonds is 1. The Labute approximate surface area is 115 Å². The summed E-state index contributed by atoms with van der Waals surface area (Å²) in [5.74, 6) is 0. The van der Waals surface area contributed by atoms with Crippen LogP contribution in [-0.4, -0.2) is 0 Å². The summed E-state index contributed by atoms with van der Waals surface area (Å²) in [6.45, 7) is 9.96. The van der Waals surface area contributed by atoms with Gasteiger partial charge in [-0.05, 0) is 39.3 Å². The first-order valence-corrected chi connectivity index (χ1v) is 6.85. The van der Waals surface area contributed by atoms with Crippen molar-refractivity contribution in [3.05, 3.63) is 65.9 Å². The first kappa shape index (κ1) is 13.4. The maximum absolute atomic E-state index is 3.79. The van der Waals surface area contributed by atoms with Crippen LogP contribution in [0.15, 0.2) is 55.1 Å². The first-order valence-electron chi connectivity index (χ1n) is 6.85. The van der Waals surface area contributed by atoms with Crippen LogP contribution in [0, 0.1) is 6.92 Å². The summed E-state index contributed by atoms with van der Waals surface area (Å²) in [5.41, 5.74) is 1.32. The summed E-state index contributed by atoms with van der Waals surface area (Å²) in [6.07, 6.45) is 3.93. The molecular formula is C19H20. The van der Waals surface area contributed by atoms with Crippen molar-refractivity contribution < 1.29 is 0 Å². The van der Waals surface area contributed by atoms with Gasteiger partial charge in [-0.25, -0.2) is 0 Å². The third-order valence-corrected chi connectivity index (χ3v) is 3.31. The molecule has 0 N–H and O–H groups in total. The molecule has 3 aromatic rings. The molecule has 0 fully saturated rings. The summed E-state index contributed by atoms with van der Waals surface area (Å²) in [7, 11) is 0. The minimum absolute atomic E-state index is 1.25. The molecule has 0 aliphatic rings. The second kappa shape index (κ2) is 5.71. The molecule has 0 aliphatic heterocycles. The van der Waals surface area contributed by atoms with Crippen LogP contribution in [0.4, 0.5) is 0 Å². The minimum Gasteiger partial charge on any atom is -0.0990 e. The zero-order chi connectivity index (χ0) is 13.8. The molecule has 0 nitrogen and oxygen atoms in total. The van der Waals surface area contributed by atoms with Crippen molar-refractivity contribution in [1.82, 2.24) is 0 Å². The number of aryl methyl sites for hydroxylation is 1. The highest BCUT2D eigenvalue weighted by molar-refractivity contribution is 6.11. The molecule has 0 saturated heterocycles. The van der Waals surface area contributed by atoms with Gasteiger partial charge >= 0.3 is 0 Å². The Balaban J connectivity index is 0.000000637. The fourth-order valence-corrected chi connectivity index (χ4v) is 2.55. The lowest BCUT2D eigenvalue weighted by Crippen LogP contribution is -2.03. The van der Waals surface area contributed by atoms with Crippen molar-refractivity contribution in [2.24, 2.45) is 0 Å². The summed E-state index contributed by atoms with van der Waals surface area (Å²) < 4.78 is 0. The van der Waals surface area contributed by atoms with Crippen molar-refractivity contribution in [3.63, 3.8) is 0 Å². The van der Waals surface area contributed by atoms with Crippen LogP contribution in [-0.2, 0) is 0 Å². The van der Waals surface area contributed by atoms with Crippen LogP contribution in [0.25, 0.3) is 27.6 Å². The van der Waals surface area contributed by atoms with Crippen molar-refractivity contribution in [2.45, 2.75) is 20.8 Å². The Kier molecular flexibility index (Phi) is 4.01. The van der Waals surface area contributed by atoms with E-state index in [0.29, 0.717) is 0 Å². The highest BCUT2D eigenvalue weighted by atomic mass is 14.1. The third-order valence-electron chi connectivity index (χ3n) is 3.31. The van der Waals surface area contributed by atoms with E-state index in [9.17, 15) is 0 Å². The standard InChI is InChI=1S/C17H14.C2H6/c1-3-5-13-10-11-15-7-4-6-14-9-8-12(2)16(13)17(14)15;1-2/h3-11H,1H2,2H3;1-2H3/b13-5-;. The van der Waals surface area contributed by atoms with E-state index in [1.165, 1.54) is 32.3 Å². The molecular weight excluding hydrogens is 228 g/mol. The van der Waals surface area contributed by atoms with Gasteiger partial charge in [-0.2, -0.15) is 0 Å². The first-order chi connectivity index (χ1) is 9.31. The molecule has 0 heterocycles. The van der Waals surface area contributed by atoms with Crippen molar-refractivity contribution in [2.75, 3.05) is 0 Å². The van der Waals surface area contributed by atoms with Crippen LogP contribution in [0.3, 0.4) is 0 Å². The van der Waals surface area contributed by atoms with Gasteiger partial charge in [-0.15, -0.1) is 0 Å². The Morgan fingerprint density at radius 1 is 0.842 bits per heavy atom. The number of allylic oxidation sites excluding steroid dienone is 1. The minimum atomic E-state index is 1.25. The van der Waals surface area contributed by atoms with Gasteiger partial charge in [0.1, 0.15) is 0 Å². The van der Waals surface area contributed by atoms with Gasteiger partial charge in [-0.1, -0.05) is 75.0 Å². The number of benzene rings is 3. The average Bonchev–Trinajstić information content (AvgIpc) is 2.46. The summed E-state index contributed by atoms with van der Waals surface area (Å²) in [4.78, 5) is 0. The van der Waals surface area contributed by atoms with Gasteiger partial charge in [0, 0.05) is 0 Å². The average molecular weight is 248 g/mol. The fourth-order valence-electron chi connectivity index (χ4n) is 2.55. The van der Waals surface area contributed by atoms with Crippen molar-refractivity contribution >= 4 is 27.6 Å². The topological polar surface area (TPSA) is 0 Å². The molecule has 19 heavy (non-hydrogen) atoms. The molecule has 0 spiro atoms. The Morgan fingerprint density at radius 3 is 2.11 bits per heavy atom. The molecule has 0 heteroatoms. The maximum Gasteiger partial charge on any atom is -0.00302 e. The molecule has 0 saturated carbocycles. The van der Waals surface area contributed by atoms with Crippen LogP contribution in [0.5, 0.6) is 0 Å². The number of hydrogen-bond acceptors (Lipinski definition) is 0. The van der Waals surface area contributed by atoms with E-state index in [1.54, 1.807) is 0 Å². The second-order valence-corrected chi connectivity index (χ2v) is 4.39. The molecule has 96 valence electrons. The van der Waals surface area contributed by atoms with Crippen LogP contribution in [0.2, 0.25) is 0 Å². The maximum atomic E-state index is 3.79. The summed E-state index contributed by atoms with van der Waals surface area (Å²) >= 11 is 0. The molecule has 3 rings (SSSR count). The van der Waals surface area contributed by atoms with Gasteiger partial charge in [0.15, 0.2) is 0 Å². The molecule has 0 aliphatic carbocycles. The molecule has 0 amide bonds. The van der Waals surface area contributed by atoms with Crippen LogP contribution < -0.4 is 5.22 Å². The second-order valence-electron chi connectivity index (χ2n) is 4.39. The molecule has 0 radical (unpaired) electrons. The monoisotopic (exact) mass is 248 g/mol. The fraction of sp³-hybridized carbons (Fsp3) is 0.158. The molecule has 0 bridgehead atoms. The van der Waals surface area contributed by atoms with E-state index in [-0.39, 0.29) is 0 Å². The lowest BCUT2D eigenvalue weighted by Gasteiger charge is -2.08. The van der Waals surface area contributed by atoms with E-state index in [2.05, 4.69) is 62.0 Å². The Bertz CT molecular complexity index is 748. The van der Waals surface area contributed by atoms with Crippen LogP contribution >= 0.6 is 0 Å². The van der Waals surface area contributed by atoms with Gasteiger partial charge in [-0.3, -0.25) is 0 Å². The number of hydrogen-bond donors (Lipinski definition) is 0. The van der Waals surface area contributed by atoms with Crippen LogP contribution in [0.1, 0.15) is 19.4 Å². The Hall–Kier alpha value is -2.08. The molecule has 0 aromatic heterocycles. The lowest BCUT2D eigenvalue weighted by molar-refractivity contribution is 1.50. The molecule has 0 atom stereocenters. The van der Waals surface area contributed by atoms with Gasteiger partial charge in [0.2, 0.25) is 0 Å². The van der Waals surface area contributed by atoms with E-state index in [4.69, 9.17) is 0 Å². The van der Waals surface area contributed by atoms with Gasteiger partial charge in [0.25, 0.3) is 0 Å². The predicted molar refractivity (Wildman–Crippen MR) is 87.4 cm³/mol. The van der Waals surface area contributed by atoms with Crippen molar-refractivity contribution in [1.29, 1.82) is 0 Å².